The lowest BCUT2D eigenvalue weighted by molar-refractivity contribution is -0.146. The van der Waals surface area contributed by atoms with Crippen molar-refractivity contribution in [2.75, 3.05) is 51.3 Å². The summed E-state index contributed by atoms with van der Waals surface area (Å²) in [6.07, 6.45) is 0.892. The van der Waals surface area contributed by atoms with E-state index in [0.29, 0.717) is 95.8 Å². The number of carbonyl (C=O) groups is 4. The maximum Gasteiger partial charge on any atom is 0.408 e. The number of hydrogen-bond donors (Lipinski definition) is 4. The Bertz CT molecular complexity index is 2240. The zero-order valence-corrected chi connectivity index (χ0v) is 39.4. The first-order chi connectivity index (χ1) is 30.4. The Kier molecular flexibility index (Phi) is 13.3. The number of carbonyl (C=O) groups excluding carboxylic acids is 3. The maximum atomic E-state index is 14.9. The van der Waals surface area contributed by atoms with Crippen LogP contribution in [0.25, 0.3) is 22.3 Å². The Morgan fingerprint density at radius 1 is 1.05 bits per heavy atom. The molecule has 0 bridgehead atoms. The average molecular weight is 925 g/mol. The number of alkyl carbamates (subject to hydrolysis) is 1. The van der Waals surface area contributed by atoms with Crippen LogP contribution >= 0.6 is 22.9 Å². The van der Waals surface area contributed by atoms with E-state index in [1.807, 2.05) is 53.0 Å². The first-order valence-electron chi connectivity index (χ1n) is 22.7. The van der Waals surface area contributed by atoms with Gasteiger partial charge >= 0.3 is 12.1 Å². The van der Waals surface area contributed by atoms with Gasteiger partial charge in [-0.25, -0.2) is 19.6 Å². The fourth-order valence-corrected chi connectivity index (χ4v) is 11.0. The van der Waals surface area contributed by atoms with Crippen LogP contribution in [0.4, 0.5) is 9.93 Å². The normalized spacial score (nSPS) is 28.1. The number of nitrogens with zero attached hydrogens (tertiary/aromatic N) is 4. The second kappa shape index (κ2) is 18.4. The molecule has 64 heavy (non-hydrogen) atoms. The number of fused-ring (bicyclic) bond motifs is 2. The second-order valence-corrected chi connectivity index (χ2v) is 20.8. The van der Waals surface area contributed by atoms with Crippen LogP contribution < -0.4 is 25.4 Å². The number of thiazole rings is 1. The molecule has 5 aliphatic rings. The molecular weight excluding hydrogens is 862 g/mol. The fraction of sp³-hybridized carbons (Fsp3) is 0.652. The number of morpholine rings is 1. The molecule has 2 unspecified atom stereocenters. The highest BCUT2D eigenvalue weighted by atomic mass is 35.5. The standard InChI is InChI=1S/C46H62ClN7O9S/c1-8-26-21-46(26,42(57)58)52-40(55)34-19-28(22-54(34)41(56)39(45(5,6)7)51-44(59)63-27-17-30-25(4)31(30)18-27)62-36-20-32(33-23-64-43(50-33)48-24(2)3)49-38-29(36)9-10-35(37(38)47)61-16-13-53-11-14-60-15-12-53/h9-10,20,23-28,30-31,34,39H,8,11-19,21-22H2,1-7H3,(H,48,50)(H,51,59)(H,52,55)(H,57,58)/t25-,26-,27+,28-,30?,31?,34+,39-,46-/m1/s1. The highest BCUT2D eigenvalue weighted by molar-refractivity contribution is 7.14. The summed E-state index contributed by atoms with van der Waals surface area (Å²) in [6, 6.07) is 3.37. The lowest BCUT2D eigenvalue weighted by Gasteiger charge is -2.35. The molecule has 348 valence electrons. The Balaban J connectivity index is 1.09. The molecule has 0 spiro atoms. The molecular formula is C46H62ClN7O9S. The van der Waals surface area contributed by atoms with E-state index in [9.17, 15) is 24.3 Å². The molecule has 3 aromatic rings. The van der Waals surface area contributed by atoms with Gasteiger partial charge in [0.15, 0.2) is 5.13 Å². The van der Waals surface area contributed by atoms with Crippen LogP contribution in [0.1, 0.15) is 80.6 Å². The number of hydrogen-bond acceptors (Lipinski definition) is 13. The second-order valence-electron chi connectivity index (χ2n) is 19.6. The van der Waals surface area contributed by atoms with Crippen LogP contribution in [0.5, 0.6) is 11.5 Å². The molecule has 16 nitrogen and oxygen atoms in total. The number of nitrogens with one attached hydrogen (secondary N) is 3. The zero-order chi connectivity index (χ0) is 45.7. The molecule has 8 rings (SSSR count). The lowest BCUT2D eigenvalue weighted by Crippen LogP contribution is -2.59. The van der Waals surface area contributed by atoms with Gasteiger partial charge in [-0.1, -0.05) is 52.6 Å². The number of carboxylic acid groups (broad SMARTS) is 1. The molecule has 2 aromatic heterocycles. The average Bonchev–Trinajstić information content (AvgIpc) is 3.73. The van der Waals surface area contributed by atoms with E-state index in [1.54, 1.807) is 12.1 Å². The van der Waals surface area contributed by atoms with Crippen molar-refractivity contribution in [1.82, 2.24) is 30.4 Å². The zero-order valence-electron chi connectivity index (χ0n) is 37.8. The van der Waals surface area contributed by atoms with Crippen molar-refractivity contribution >= 4 is 62.8 Å². The molecule has 3 saturated carbocycles. The minimum atomic E-state index is -1.42. The number of halogens is 1. The van der Waals surface area contributed by atoms with Crippen molar-refractivity contribution < 1.29 is 43.2 Å². The van der Waals surface area contributed by atoms with E-state index >= 15 is 0 Å². The van der Waals surface area contributed by atoms with Crippen molar-refractivity contribution in [1.29, 1.82) is 0 Å². The summed E-state index contributed by atoms with van der Waals surface area (Å²) >= 11 is 8.56. The lowest BCUT2D eigenvalue weighted by atomic mass is 9.85. The van der Waals surface area contributed by atoms with Crippen LogP contribution in [0.2, 0.25) is 5.02 Å². The van der Waals surface area contributed by atoms with Gasteiger partial charge in [-0.3, -0.25) is 14.5 Å². The minimum Gasteiger partial charge on any atom is -0.491 e. The number of amides is 3. The minimum absolute atomic E-state index is 0.0316. The molecule has 0 radical (unpaired) electrons. The SMILES string of the molecule is CC[C@@H]1C[C@]1(NC(=O)[C@@H]1C[C@@H](Oc2cc(-c3csc(NC(C)C)n3)nc3c(Cl)c(OCCN4CCOCC4)ccc23)CN1C(=O)[C@@H](NC(=O)O[C@H]1CC2C(C1)[C@@H]2C)C(C)(C)C)C(=O)O. The van der Waals surface area contributed by atoms with Gasteiger partial charge in [0.1, 0.15) is 58.7 Å². The highest BCUT2D eigenvalue weighted by Gasteiger charge is 2.62. The highest BCUT2D eigenvalue weighted by Crippen LogP contribution is 2.57. The van der Waals surface area contributed by atoms with Crippen LogP contribution in [-0.2, 0) is 23.9 Å². The topological polar surface area (TPSA) is 194 Å². The number of carboxylic acids is 1. The molecule has 2 saturated heterocycles. The molecule has 4 heterocycles. The Morgan fingerprint density at radius 2 is 1.78 bits per heavy atom. The van der Waals surface area contributed by atoms with E-state index in [1.165, 1.54) is 16.2 Å². The largest absolute Gasteiger partial charge is 0.491 e. The molecule has 3 aliphatic carbocycles. The van der Waals surface area contributed by atoms with Crippen LogP contribution in [0.15, 0.2) is 23.6 Å². The van der Waals surface area contributed by atoms with Crippen molar-refractivity contribution in [2.24, 2.45) is 29.1 Å². The number of aliphatic carboxylic acids is 1. The van der Waals surface area contributed by atoms with Crippen molar-refractivity contribution in [3.05, 3.63) is 28.6 Å². The smallest absolute Gasteiger partial charge is 0.408 e. The Hall–Kier alpha value is -4.45. The third-order valence-electron chi connectivity index (χ3n) is 13.7. The fourth-order valence-electron chi connectivity index (χ4n) is 9.84. The summed E-state index contributed by atoms with van der Waals surface area (Å²) in [5.74, 6) is 0.198. The predicted octanol–water partition coefficient (Wildman–Crippen LogP) is 6.45. The van der Waals surface area contributed by atoms with Crippen molar-refractivity contribution in [3.8, 4) is 22.9 Å². The molecule has 1 aromatic carbocycles. The summed E-state index contributed by atoms with van der Waals surface area (Å²) in [4.78, 5) is 68.7. The van der Waals surface area contributed by atoms with E-state index in [0.717, 1.165) is 31.1 Å². The quantitative estimate of drug-likeness (QED) is 0.123. The first-order valence-corrected chi connectivity index (χ1v) is 24.0. The van der Waals surface area contributed by atoms with Crippen molar-refractivity contribution in [2.45, 2.75) is 116 Å². The molecule has 18 heteroatoms. The molecule has 7 atom stereocenters. The van der Waals surface area contributed by atoms with Gasteiger partial charge in [0.05, 0.1) is 31.0 Å². The van der Waals surface area contributed by atoms with Crippen molar-refractivity contribution in [3.63, 3.8) is 0 Å². The summed E-state index contributed by atoms with van der Waals surface area (Å²) in [5, 5.41) is 22.8. The molecule has 5 fully saturated rings. The third-order valence-corrected chi connectivity index (χ3v) is 14.9. The number of anilines is 1. The van der Waals surface area contributed by atoms with Gasteiger partial charge in [0.25, 0.3) is 0 Å². The van der Waals surface area contributed by atoms with Gasteiger partial charge in [0.2, 0.25) is 11.8 Å². The van der Waals surface area contributed by atoms with Gasteiger partial charge < -0.3 is 44.9 Å². The monoisotopic (exact) mass is 923 g/mol. The first kappa shape index (κ1) is 46.1. The summed E-state index contributed by atoms with van der Waals surface area (Å²) < 4.78 is 24.4. The summed E-state index contributed by atoms with van der Waals surface area (Å²) in [5.41, 5.74) is -0.692. The molecule has 3 amide bonds. The summed E-state index contributed by atoms with van der Waals surface area (Å²) in [6.45, 7) is 17.8. The predicted molar refractivity (Wildman–Crippen MR) is 243 cm³/mol. The number of pyridine rings is 1. The Morgan fingerprint density at radius 3 is 2.44 bits per heavy atom. The van der Waals surface area contributed by atoms with Crippen LogP contribution in [-0.4, -0.2) is 131 Å². The van der Waals surface area contributed by atoms with Gasteiger partial charge in [-0.05, 0) is 74.3 Å². The Labute approximate surface area is 383 Å². The maximum absolute atomic E-state index is 14.9. The van der Waals surface area contributed by atoms with Crippen LogP contribution in [0, 0.1) is 29.1 Å². The molecule has 2 aliphatic heterocycles. The van der Waals surface area contributed by atoms with E-state index < -0.39 is 53.0 Å². The van der Waals surface area contributed by atoms with E-state index in [4.69, 9.17) is 40.5 Å². The third kappa shape index (κ3) is 9.73. The van der Waals surface area contributed by atoms with E-state index in [2.05, 4.69) is 27.8 Å². The van der Waals surface area contributed by atoms with Gasteiger partial charge in [0, 0.05) is 48.9 Å². The molecule has 4 N–H and O–H groups in total. The van der Waals surface area contributed by atoms with Crippen LogP contribution in [0.3, 0.4) is 0 Å². The number of rotatable bonds is 16. The number of ether oxygens (including phenoxy) is 4. The van der Waals surface area contributed by atoms with Gasteiger partial charge in [-0.15, -0.1) is 11.3 Å². The number of benzene rings is 1. The number of aromatic nitrogens is 2. The summed E-state index contributed by atoms with van der Waals surface area (Å²) in [7, 11) is 0. The van der Waals surface area contributed by atoms with E-state index in [-0.39, 0.29) is 31.0 Å². The number of likely N-dealkylation sites (tertiary alicyclic amines) is 1. The van der Waals surface area contributed by atoms with Gasteiger partial charge in [-0.2, -0.15) is 0 Å².